The summed E-state index contributed by atoms with van der Waals surface area (Å²) in [5, 5.41) is 13.6. The van der Waals surface area contributed by atoms with Crippen molar-refractivity contribution < 1.29 is 32.7 Å². The molecule has 10 heteroatoms. The number of rotatable bonds is 4. The maximum absolute atomic E-state index is 12.0. The van der Waals surface area contributed by atoms with Crippen LogP contribution in [0.1, 0.15) is 12.8 Å². The van der Waals surface area contributed by atoms with E-state index in [9.17, 15) is 22.8 Å². The number of carboxylic acid groups (broad SMARTS) is 1. The Bertz CT molecular complexity index is 385. The van der Waals surface area contributed by atoms with Crippen LogP contribution >= 0.6 is 15.9 Å². The fraction of sp³-hybridized carbons (Fsp3) is 0.625. The number of carbonyl (C=O) groups is 2. The summed E-state index contributed by atoms with van der Waals surface area (Å²) in [5.74, 6) is -3.87. The van der Waals surface area contributed by atoms with Crippen molar-refractivity contribution in [3.63, 3.8) is 0 Å². The molecule has 0 fully saturated rings. The van der Waals surface area contributed by atoms with E-state index in [-0.39, 0.29) is 12.8 Å². The van der Waals surface area contributed by atoms with Gasteiger partial charge in [-0.3, -0.25) is 4.79 Å². The predicted octanol–water partition coefficient (Wildman–Crippen LogP) is 1.01. The van der Waals surface area contributed by atoms with Crippen LogP contribution < -0.4 is 5.32 Å². The quantitative estimate of drug-likeness (QED) is 0.804. The molecular formula is C8H8BrF3N2O4. The van der Waals surface area contributed by atoms with Crippen molar-refractivity contribution in [3.05, 3.63) is 0 Å². The van der Waals surface area contributed by atoms with E-state index < -0.39 is 30.2 Å². The Morgan fingerprint density at radius 1 is 1.61 bits per heavy atom. The van der Waals surface area contributed by atoms with Crippen molar-refractivity contribution in [1.82, 2.24) is 5.32 Å². The Hall–Kier alpha value is -1.32. The maximum atomic E-state index is 12.0. The SMILES string of the molecule is O=C(O)[C@H](CC1CC(Br)=NO1)NC(=O)C(F)(F)F. The van der Waals surface area contributed by atoms with Gasteiger partial charge < -0.3 is 15.3 Å². The van der Waals surface area contributed by atoms with E-state index in [0.717, 1.165) is 0 Å². The second-order valence-corrected chi connectivity index (χ2v) is 4.41. The Balaban J connectivity index is 2.56. The van der Waals surface area contributed by atoms with Crippen LogP contribution in [-0.2, 0) is 14.4 Å². The lowest BCUT2D eigenvalue weighted by Crippen LogP contribution is -2.48. The molecule has 0 bridgehead atoms. The highest BCUT2D eigenvalue weighted by Crippen LogP contribution is 2.20. The van der Waals surface area contributed by atoms with Crippen LogP contribution in [0.2, 0.25) is 0 Å². The summed E-state index contributed by atoms with van der Waals surface area (Å²) in [6.45, 7) is 0. The topological polar surface area (TPSA) is 88.0 Å². The summed E-state index contributed by atoms with van der Waals surface area (Å²) in [6.07, 6.45) is -5.88. The number of oxime groups is 1. The van der Waals surface area contributed by atoms with E-state index in [1.54, 1.807) is 0 Å². The largest absolute Gasteiger partial charge is 0.480 e. The first kappa shape index (κ1) is 14.7. The molecular weight excluding hydrogens is 325 g/mol. The van der Waals surface area contributed by atoms with Crippen LogP contribution in [0.3, 0.4) is 0 Å². The summed E-state index contributed by atoms with van der Waals surface area (Å²) in [5.41, 5.74) is 0. The highest BCUT2D eigenvalue weighted by Gasteiger charge is 2.41. The first-order chi connectivity index (χ1) is 8.20. The molecule has 2 atom stereocenters. The fourth-order valence-electron chi connectivity index (χ4n) is 1.24. The van der Waals surface area contributed by atoms with E-state index in [4.69, 9.17) is 9.94 Å². The van der Waals surface area contributed by atoms with Gasteiger partial charge in [0.15, 0.2) is 0 Å². The molecule has 0 aliphatic carbocycles. The molecule has 1 aliphatic rings. The zero-order chi connectivity index (χ0) is 13.9. The summed E-state index contributed by atoms with van der Waals surface area (Å²) in [7, 11) is 0. The Morgan fingerprint density at radius 2 is 2.22 bits per heavy atom. The lowest BCUT2D eigenvalue weighted by atomic mass is 10.1. The number of alkyl halides is 3. The molecule has 18 heavy (non-hydrogen) atoms. The third kappa shape index (κ3) is 4.17. The molecule has 6 nitrogen and oxygen atoms in total. The van der Waals surface area contributed by atoms with Crippen LogP contribution in [0.4, 0.5) is 13.2 Å². The standard InChI is InChI=1S/C8H8BrF3N2O4/c9-5-2-3(18-14-5)1-4(6(15)16)13-7(17)8(10,11)12/h3-4H,1-2H2,(H,13,17)(H,15,16)/t3?,4-/m0/s1. The number of amides is 1. The van der Waals surface area contributed by atoms with E-state index in [0.29, 0.717) is 4.62 Å². The van der Waals surface area contributed by atoms with Crippen LogP contribution in [0.15, 0.2) is 5.16 Å². The number of aliphatic carboxylic acids is 1. The molecule has 102 valence electrons. The molecule has 1 aliphatic heterocycles. The Labute approximate surface area is 107 Å². The summed E-state index contributed by atoms with van der Waals surface area (Å²) < 4.78 is 36.4. The summed E-state index contributed by atoms with van der Waals surface area (Å²) in [4.78, 5) is 26.1. The third-order valence-corrected chi connectivity index (χ3v) is 2.52. The van der Waals surface area contributed by atoms with Gasteiger partial charge in [-0.05, 0) is 15.9 Å². The minimum atomic E-state index is -5.12. The Kier molecular flexibility index (Phi) is 4.54. The van der Waals surface area contributed by atoms with Crippen molar-refractivity contribution in [3.8, 4) is 0 Å². The average Bonchev–Trinajstić information content (AvgIpc) is 2.61. The monoisotopic (exact) mass is 332 g/mol. The molecule has 0 aromatic carbocycles. The number of carboxylic acids is 1. The van der Waals surface area contributed by atoms with Crippen molar-refractivity contribution in [2.45, 2.75) is 31.2 Å². The molecule has 0 saturated carbocycles. The molecule has 0 saturated heterocycles. The zero-order valence-electron chi connectivity index (χ0n) is 8.70. The molecule has 1 unspecified atom stereocenters. The first-order valence-corrected chi connectivity index (χ1v) is 5.48. The van der Waals surface area contributed by atoms with Gasteiger partial charge in [0.05, 0.1) is 0 Å². The van der Waals surface area contributed by atoms with Crippen molar-refractivity contribution >= 4 is 32.4 Å². The highest BCUT2D eigenvalue weighted by molar-refractivity contribution is 9.18. The normalized spacial score (nSPS) is 20.9. The Morgan fingerprint density at radius 3 is 2.61 bits per heavy atom. The van der Waals surface area contributed by atoms with Gasteiger partial charge in [-0.2, -0.15) is 13.2 Å². The second-order valence-electron chi connectivity index (χ2n) is 3.50. The number of nitrogens with one attached hydrogen (secondary N) is 1. The lowest BCUT2D eigenvalue weighted by Gasteiger charge is -2.17. The van der Waals surface area contributed by atoms with E-state index >= 15 is 0 Å². The van der Waals surface area contributed by atoms with Crippen molar-refractivity contribution in [2.75, 3.05) is 0 Å². The van der Waals surface area contributed by atoms with Gasteiger partial charge in [-0.1, -0.05) is 5.16 Å². The minimum absolute atomic E-state index is 0.242. The maximum Gasteiger partial charge on any atom is 0.471 e. The molecule has 0 radical (unpaired) electrons. The molecule has 1 amide bonds. The van der Waals surface area contributed by atoms with E-state index in [2.05, 4.69) is 21.1 Å². The van der Waals surface area contributed by atoms with Gasteiger partial charge in [0, 0.05) is 12.8 Å². The summed E-state index contributed by atoms with van der Waals surface area (Å²) in [6, 6.07) is -1.68. The molecule has 1 rings (SSSR count). The minimum Gasteiger partial charge on any atom is -0.480 e. The number of carbonyl (C=O) groups excluding carboxylic acids is 1. The van der Waals surface area contributed by atoms with Gasteiger partial charge in [0.25, 0.3) is 0 Å². The molecule has 2 N–H and O–H groups in total. The van der Waals surface area contributed by atoms with Gasteiger partial charge in [-0.15, -0.1) is 0 Å². The van der Waals surface area contributed by atoms with E-state index in [1.165, 1.54) is 5.32 Å². The first-order valence-electron chi connectivity index (χ1n) is 4.69. The zero-order valence-corrected chi connectivity index (χ0v) is 10.3. The molecule has 0 spiro atoms. The van der Waals surface area contributed by atoms with Gasteiger partial charge >= 0.3 is 18.1 Å². The van der Waals surface area contributed by atoms with Crippen LogP contribution in [0.5, 0.6) is 0 Å². The van der Waals surface area contributed by atoms with Crippen LogP contribution in [-0.4, -0.2) is 39.9 Å². The highest BCUT2D eigenvalue weighted by atomic mass is 79.9. The van der Waals surface area contributed by atoms with Gasteiger partial charge in [-0.25, -0.2) is 4.79 Å². The smallest absolute Gasteiger partial charge is 0.471 e. The van der Waals surface area contributed by atoms with Gasteiger partial charge in [0.2, 0.25) is 0 Å². The van der Waals surface area contributed by atoms with Crippen LogP contribution in [0, 0.1) is 0 Å². The van der Waals surface area contributed by atoms with Crippen molar-refractivity contribution in [2.24, 2.45) is 5.16 Å². The molecule has 0 aromatic heterocycles. The molecule has 0 aromatic rings. The van der Waals surface area contributed by atoms with E-state index in [1.807, 2.05) is 0 Å². The predicted molar refractivity (Wildman–Crippen MR) is 56.1 cm³/mol. The number of halogens is 4. The number of nitrogens with zero attached hydrogens (tertiary/aromatic N) is 1. The van der Waals surface area contributed by atoms with Crippen molar-refractivity contribution in [1.29, 1.82) is 0 Å². The molecule has 1 heterocycles. The second kappa shape index (κ2) is 5.55. The third-order valence-electron chi connectivity index (χ3n) is 2.06. The average molecular weight is 333 g/mol. The van der Waals surface area contributed by atoms with Crippen LogP contribution in [0.25, 0.3) is 0 Å². The fourth-order valence-corrected chi connectivity index (χ4v) is 1.69. The summed E-state index contributed by atoms with van der Waals surface area (Å²) >= 11 is 3.00. The lowest BCUT2D eigenvalue weighted by molar-refractivity contribution is -0.175. The van der Waals surface area contributed by atoms with Gasteiger partial charge in [0.1, 0.15) is 16.8 Å². The number of hydrogen-bond acceptors (Lipinski definition) is 4. The number of hydrogen-bond donors (Lipinski definition) is 2.